The second-order valence-corrected chi connectivity index (χ2v) is 2.67. The highest BCUT2D eigenvalue weighted by atomic mass is 16.1. The Balaban J connectivity index is 2.45. The molecule has 11 heavy (non-hydrogen) atoms. The number of hydrogen-bond acceptors (Lipinski definition) is 1. The van der Waals surface area contributed by atoms with Gasteiger partial charge in [0.25, 0.3) is 0 Å². The SMILES string of the molecule is O=c1cccc(C2C=C2)cc1. The van der Waals surface area contributed by atoms with E-state index in [2.05, 4.69) is 12.2 Å². The molecule has 1 aromatic carbocycles. The highest BCUT2D eigenvalue weighted by Gasteiger charge is 2.11. The van der Waals surface area contributed by atoms with Crippen LogP contribution >= 0.6 is 0 Å². The van der Waals surface area contributed by atoms with Crippen LogP contribution in [-0.2, 0) is 0 Å². The van der Waals surface area contributed by atoms with Crippen LogP contribution in [0.4, 0.5) is 0 Å². The van der Waals surface area contributed by atoms with Crippen molar-refractivity contribution in [1.29, 1.82) is 0 Å². The molecule has 1 aromatic rings. The van der Waals surface area contributed by atoms with Crippen molar-refractivity contribution in [2.24, 2.45) is 0 Å². The minimum Gasteiger partial charge on any atom is -0.290 e. The van der Waals surface area contributed by atoms with Crippen LogP contribution in [0.15, 0.2) is 47.3 Å². The zero-order valence-electron chi connectivity index (χ0n) is 6.03. The van der Waals surface area contributed by atoms with Gasteiger partial charge in [0, 0.05) is 5.92 Å². The lowest BCUT2D eigenvalue weighted by Crippen LogP contribution is -1.87. The zero-order valence-corrected chi connectivity index (χ0v) is 6.03. The van der Waals surface area contributed by atoms with Gasteiger partial charge >= 0.3 is 0 Å². The number of hydrogen-bond donors (Lipinski definition) is 0. The van der Waals surface area contributed by atoms with E-state index < -0.39 is 0 Å². The molecule has 1 nitrogen and oxygen atoms in total. The second-order valence-electron chi connectivity index (χ2n) is 2.67. The largest absolute Gasteiger partial charge is 0.290 e. The number of allylic oxidation sites excluding steroid dienone is 2. The van der Waals surface area contributed by atoms with E-state index in [1.807, 2.05) is 12.1 Å². The maximum atomic E-state index is 10.8. The molecule has 0 aromatic heterocycles. The van der Waals surface area contributed by atoms with E-state index in [9.17, 15) is 4.79 Å². The van der Waals surface area contributed by atoms with Crippen LogP contribution in [0.25, 0.3) is 0 Å². The van der Waals surface area contributed by atoms with Gasteiger partial charge in [-0.2, -0.15) is 0 Å². The molecule has 1 aliphatic carbocycles. The fourth-order valence-electron chi connectivity index (χ4n) is 1.04. The van der Waals surface area contributed by atoms with E-state index in [1.54, 1.807) is 18.2 Å². The van der Waals surface area contributed by atoms with Crippen molar-refractivity contribution in [2.45, 2.75) is 5.92 Å². The van der Waals surface area contributed by atoms with Crippen LogP contribution in [0.3, 0.4) is 0 Å². The third-order valence-corrected chi connectivity index (χ3v) is 1.76. The van der Waals surface area contributed by atoms with Crippen molar-refractivity contribution in [3.05, 3.63) is 58.3 Å². The molecule has 0 saturated carbocycles. The molecular weight excluding hydrogens is 136 g/mol. The van der Waals surface area contributed by atoms with Crippen LogP contribution in [-0.4, -0.2) is 0 Å². The van der Waals surface area contributed by atoms with Gasteiger partial charge in [-0.25, -0.2) is 0 Å². The molecule has 0 unspecified atom stereocenters. The van der Waals surface area contributed by atoms with Crippen molar-refractivity contribution < 1.29 is 0 Å². The summed E-state index contributed by atoms with van der Waals surface area (Å²) in [5, 5.41) is 0. The van der Waals surface area contributed by atoms with E-state index in [0.29, 0.717) is 5.92 Å². The molecule has 1 aliphatic rings. The van der Waals surface area contributed by atoms with Gasteiger partial charge < -0.3 is 0 Å². The van der Waals surface area contributed by atoms with E-state index in [0.717, 1.165) is 0 Å². The fraction of sp³-hybridized carbons (Fsp3) is 0.100. The Labute approximate surface area is 65.0 Å². The van der Waals surface area contributed by atoms with Gasteiger partial charge in [-0.3, -0.25) is 4.79 Å². The van der Waals surface area contributed by atoms with Gasteiger partial charge in [-0.15, -0.1) is 0 Å². The van der Waals surface area contributed by atoms with Gasteiger partial charge in [-0.05, 0) is 17.7 Å². The zero-order chi connectivity index (χ0) is 7.68. The Morgan fingerprint density at radius 2 is 1.82 bits per heavy atom. The van der Waals surface area contributed by atoms with E-state index >= 15 is 0 Å². The molecule has 0 atom stereocenters. The van der Waals surface area contributed by atoms with Crippen molar-refractivity contribution in [2.75, 3.05) is 0 Å². The summed E-state index contributed by atoms with van der Waals surface area (Å²) in [4.78, 5) is 10.8. The topological polar surface area (TPSA) is 17.1 Å². The molecule has 2 rings (SSSR count). The van der Waals surface area contributed by atoms with Crippen LogP contribution in [0, 0.1) is 0 Å². The van der Waals surface area contributed by atoms with Crippen LogP contribution in [0.5, 0.6) is 0 Å². The molecule has 0 heterocycles. The molecule has 0 radical (unpaired) electrons. The average Bonchev–Trinajstić information content (AvgIpc) is 2.73. The van der Waals surface area contributed by atoms with E-state index in [1.165, 1.54) is 5.56 Å². The summed E-state index contributed by atoms with van der Waals surface area (Å²) in [5.41, 5.74) is 1.27. The molecule has 0 spiro atoms. The molecule has 0 fully saturated rings. The maximum Gasteiger partial charge on any atom is 0.178 e. The second kappa shape index (κ2) is 2.35. The molecule has 0 aliphatic heterocycles. The molecule has 0 N–H and O–H groups in total. The fourth-order valence-corrected chi connectivity index (χ4v) is 1.04. The first kappa shape index (κ1) is 6.35. The predicted molar refractivity (Wildman–Crippen MR) is 44.6 cm³/mol. The Bertz CT molecular complexity index is 346. The third-order valence-electron chi connectivity index (χ3n) is 1.76. The first-order valence-electron chi connectivity index (χ1n) is 3.65. The highest BCUT2D eigenvalue weighted by molar-refractivity contribution is 5.36. The quantitative estimate of drug-likeness (QED) is 0.548. The smallest absolute Gasteiger partial charge is 0.178 e. The first-order valence-corrected chi connectivity index (χ1v) is 3.65. The summed E-state index contributed by atoms with van der Waals surface area (Å²) in [6.07, 6.45) is 4.22. The minimum atomic E-state index is 0.0666. The molecule has 0 saturated heterocycles. The monoisotopic (exact) mass is 144 g/mol. The van der Waals surface area contributed by atoms with E-state index in [-0.39, 0.29) is 5.43 Å². The maximum absolute atomic E-state index is 10.8. The lowest BCUT2D eigenvalue weighted by molar-refractivity contribution is 1.24. The third kappa shape index (κ3) is 1.37. The molecule has 1 heteroatoms. The van der Waals surface area contributed by atoms with Crippen molar-refractivity contribution in [1.82, 2.24) is 0 Å². The van der Waals surface area contributed by atoms with Crippen molar-refractivity contribution in [3.63, 3.8) is 0 Å². The Hall–Kier alpha value is -1.37. The summed E-state index contributed by atoms with van der Waals surface area (Å²) < 4.78 is 0. The number of rotatable bonds is 1. The molecule has 0 bridgehead atoms. The Morgan fingerprint density at radius 3 is 2.55 bits per heavy atom. The average molecular weight is 144 g/mol. The minimum absolute atomic E-state index is 0.0666. The highest BCUT2D eigenvalue weighted by Crippen LogP contribution is 2.28. The summed E-state index contributed by atoms with van der Waals surface area (Å²) in [7, 11) is 0. The van der Waals surface area contributed by atoms with Crippen molar-refractivity contribution in [3.8, 4) is 0 Å². The van der Waals surface area contributed by atoms with Crippen LogP contribution < -0.4 is 5.43 Å². The van der Waals surface area contributed by atoms with Gasteiger partial charge in [0.05, 0.1) is 0 Å². The van der Waals surface area contributed by atoms with Gasteiger partial charge in [0.15, 0.2) is 5.43 Å². The van der Waals surface area contributed by atoms with Crippen LogP contribution in [0.1, 0.15) is 11.5 Å². The summed E-state index contributed by atoms with van der Waals surface area (Å²) in [5.74, 6) is 0.488. The van der Waals surface area contributed by atoms with E-state index in [4.69, 9.17) is 0 Å². The predicted octanol–water partition coefficient (Wildman–Crippen LogP) is 1.70. The standard InChI is InChI=1S/C10H8O/c11-10-3-1-2-8(6-7-10)9-4-5-9/h1-7,9H. The summed E-state index contributed by atoms with van der Waals surface area (Å²) in [6.45, 7) is 0. The van der Waals surface area contributed by atoms with Gasteiger partial charge in [0.2, 0.25) is 0 Å². The van der Waals surface area contributed by atoms with Crippen LogP contribution in [0.2, 0.25) is 0 Å². The summed E-state index contributed by atoms with van der Waals surface area (Å²) >= 11 is 0. The van der Waals surface area contributed by atoms with Crippen molar-refractivity contribution >= 4 is 0 Å². The molecular formula is C10H8O. The normalized spacial score (nSPS) is 14.9. The first-order chi connectivity index (χ1) is 5.36. The summed E-state index contributed by atoms with van der Waals surface area (Å²) in [6, 6.07) is 8.85. The lowest BCUT2D eigenvalue weighted by Gasteiger charge is -1.88. The Morgan fingerprint density at radius 1 is 1.00 bits per heavy atom. The molecule has 0 amide bonds. The van der Waals surface area contributed by atoms with Gasteiger partial charge in [-0.1, -0.05) is 30.4 Å². The van der Waals surface area contributed by atoms with Gasteiger partial charge in [0.1, 0.15) is 0 Å². The lowest BCUT2D eigenvalue weighted by atomic mass is 10.2. The Kier molecular flexibility index (Phi) is 1.35. The molecule has 54 valence electrons.